The van der Waals surface area contributed by atoms with Crippen molar-refractivity contribution in [3.05, 3.63) is 60.3 Å². The van der Waals surface area contributed by atoms with Gasteiger partial charge < -0.3 is 30.9 Å². The van der Waals surface area contributed by atoms with Crippen LogP contribution in [0.4, 0.5) is 0 Å². The highest BCUT2D eigenvalue weighted by Crippen LogP contribution is 2.63. The van der Waals surface area contributed by atoms with Crippen LogP contribution in [-0.2, 0) is 6.42 Å². The molecule has 0 spiro atoms. The number of H-pyrrole nitrogens is 1. The van der Waals surface area contributed by atoms with Crippen LogP contribution >= 0.6 is 0 Å². The molecule has 2 aromatic rings. The van der Waals surface area contributed by atoms with Crippen molar-refractivity contribution in [2.75, 3.05) is 20.2 Å². The van der Waals surface area contributed by atoms with Crippen LogP contribution in [-0.4, -0.2) is 63.7 Å². The van der Waals surface area contributed by atoms with Gasteiger partial charge in [-0.05, 0) is 73.8 Å². The molecular weight excluding hydrogens is 512 g/mol. The van der Waals surface area contributed by atoms with Gasteiger partial charge in [-0.25, -0.2) is 0 Å². The van der Waals surface area contributed by atoms with Crippen molar-refractivity contribution in [3.8, 4) is 11.8 Å². The number of nitrogens with zero attached hydrogens (tertiary/aromatic N) is 1. The minimum atomic E-state index is -0.953. The smallest absolute Gasteiger partial charge is 0.191 e. The van der Waals surface area contributed by atoms with E-state index in [2.05, 4.69) is 68.9 Å². The summed E-state index contributed by atoms with van der Waals surface area (Å²) < 4.78 is 0. The maximum atomic E-state index is 12.4. The second-order valence-corrected chi connectivity index (χ2v) is 12.9. The number of para-hydroxylation sites is 1. The third-order valence-electron chi connectivity index (χ3n) is 10.6. The molecule has 6 rings (SSSR count). The van der Waals surface area contributed by atoms with E-state index in [1.165, 1.54) is 5.39 Å². The summed E-state index contributed by atoms with van der Waals surface area (Å²) in [5.41, 5.74) is 1.24. The molecule has 1 heterocycles. The molecular formula is C34H44N4O3. The van der Waals surface area contributed by atoms with Gasteiger partial charge in [0.25, 0.3) is 0 Å². The van der Waals surface area contributed by atoms with Gasteiger partial charge in [0.2, 0.25) is 0 Å². The molecule has 2 saturated carbocycles. The number of benzene rings is 1. The summed E-state index contributed by atoms with van der Waals surface area (Å²) in [7, 11) is 1.72. The van der Waals surface area contributed by atoms with E-state index in [4.69, 9.17) is 6.58 Å². The third-order valence-corrected chi connectivity index (χ3v) is 10.6. The summed E-state index contributed by atoms with van der Waals surface area (Å²) in [6.45, 7) is 5.45. The fraction of sp³-hybridized carbons (Fsp3) is 0.559. The number of aliphatic hydroxyl groups excluding tert-OH is 1. The molecule has 0 saturated heterocycles. The molecule has 0 aliphatic heterocycles. The monoisotopic (exact) mass is 556 g/mol. The van der Waals surface area contributed by atoms with Crippen LogP contribution < -0.4 is 10.6 Å². The van der Waals surface area contributed by atoms with E-state index in [0.717, 1.165) is 29.6 Å². The van der Waals surface area contributed by atoms with E-state index < -0.39 is 11.2 Å². The van der Waals surface area contributed by atoms with E-state index in [-0.39, 0.29) is 35.8 Å². The quantitative estimate of drug-likeness (QED) is 0.102. The van der Waals surface area contributed by atoms with Crippen molar-refractivity contribution in [2.24, 2.45) is 28.2 Å². The number of hydrogen-bond acceptors (Lipinski definition) is 4. The Hall–Kier alpha value is -3.05. The van der Waals surface area contributed by atoms with Gasteiger partial charge in [-0.1, -0.05) is 48.4 Å². The highest BCUT2D eigenvalue weighted by Gasteiger charge is 2.62. The average molecular weight is 557 g/mol. The van der Waals surface area contributed by atoms with Gasteiger partial charge in [-0.15, -0.1) is 5.92 Å². The van der Waals surface area contributed by atoms with Crippen LogP contribution in [0, 0.1) is 35.0 Å². The molecule has 4 bridgehead atoms. The Labute approximate surface area is 243 Å². The Morgan fingerprint density at radius 3 is 2.83 bits per heavy atom. The van der Waals surface area contributed by atoms with E-state index in [1.54, 1.807) is 7.05 Å². The molecule has 7 unspecified atom stereocenters. The van der Waals surface area contributed by atoms with Crippen molar-refractivity contribution in [3.63, 3.8) is 0 Å². The topological polar surface area (TPSA) is 113 Å². The average Bonchev–Trinajstić information content (AvgIpc) is 3.50. The summed E-state index contributed by atoms with van der Waals surface area (Å²) >= 11 is 0. The Morgan fingerprint density at radius 2 is 2.02 bits per heavy atom. The Bertz CT molecular complexity index is 1380. The molecule has 0 amide bonds. The predicted molar refractivity (Wildman–Crippen MR) is 163 cm³/mol. The van der Waals surface area contributed by atoms with Crippen molar-refractivity contribution in [1.82, 2.24) is 15.6 Å². The predicted octanol–water partition coefficient (Wildman–Crippen LogP) is 3.82. The molecule has 1 aromatic heterocycles. The van der Waals surface area contributed by atoms with E-state index in [1.807, 2.05) is 6.07 Å². The van der Waals surface area contributed by atoms with Crippen LogP contribution in [0.2, 0.25) is 0 Å². The molecule has 0 radical (unpaired) electrons. The fourth-order valence-corrected chi connectivity index (χ4v) is 8.43. The number of nitrogens with one attached hydrogen (secondary N) is 3. The number of allylic oxidation sites excluding steroid dienone is 2. The standard InChI is InChI=1S/C34H44N4O3/c1-23(18-27-19-24-8-3-4-11-30(24)37-27)32-13-6-10-26(38-31(35-2)36-16-7-17-39)21-34(41)15-12-28(29(34)22-32)33(40)14-5-9-25(32)20-33/h3-5,8-9,11,19,25-26,28-29,37,39-41H,1,7,12-18,20-22H2,2H3,(H2,35,36,38). The van der Waals surface area contributed by atoms with E-state index >= 15 is 0 Å². The first-order valence-electron chi connectivity index (χ1n) is 15.2. The first kappa shape index (κ1) is 28.1. The number of aromatic amines is 1. The molecule has 7 atom stereocenters. The van der Waals surface area contributed by atoms with Gasteiger partial charge in [-0.3, -0.25) is 4.99 Å². The van der Waals surface area contributed by atoms with Gasteiger partial charge in [0, 0.05) is 56.1 Å². The first-order valence-corrected chi connectivity index (χ1v) is 15.2. The zero-order valence-corrected chi connectivity index (χ0v) is 24.1. The molecule has 4 aliphatic rings. The Balaban J connectivity index is 1.37. The minimum Gasteiger partial charge on any atom is -0.396 e. The lowest BCUT2D eigenvalue weighted by Crippen LogP contribution is -2.50. The number of fused-ring (bicyclic) bond motifs is 6. The number of guanidine groups is 1. The lowest BCUT2D eigenvalue weighted by molar-refractivity contribution is -0.0763. The third kappa shape index (κ3) is 5.11. The molecule has 218 valence electrons. The Morgan fingerprint density at radius 1 is 1.17 bits per heavy atom. The SMILES string of the molecule is C=C(Cc1cc2ccccc2[nH]1)C12CC#CC(NC(=NC)NCCCO)CC3(O)CCC(C3C1)C1(O)CC=CC2C1. The lowest BCUT2D eigenvalue weighted by atomic mass is 9.61. The number of aliphatic hydroxyl groups is 3. The maximum Gasteiger partial charge on any atom is 0.191 e. The summed E-state index contributed by atoms with van der Waals surface area (Å²) in [4.78, 5) is 7.95. The summed E-state index contributed by atoms with van der Waals surface area (Å²) in [6, 6.07) is 10.3. The normalized spacial score (nSPS) is 36.0. The minimum absolute atomic E-state index is 0.0310. The number of hydrogen-bond donors (Lipinski definition) is 6. The van der Waals surface area contributed by atoms with Gasteiger partial charge in [0.15, 0.2) is 5.96 Å². The molecule has 2 fully saturated rings. The van der Waals surface area contributed by atoms with Crippen LogP contribution in [0.5, 0.6) is 0 Å². The van der Waals surface area contributed by atoms with Crippen LogP contribution in [0.15, 0.2) is 59.6 Å². The van der Waals surface area contributed by atoms with Crippen LogP contribution in [0.25, 0.3) is 10.9 Å². The molecule has 1 aromatic carbocycles. The van der Waals surface area contributed by atoms with Crippen molar-refractivity contribution < 1.29 is 15.3 Å². The summed E-state index contributed by atoms with van der Waals surface area (Å²) in [6.07, 6.45) is 10.5. The maximum absolute atomic E-state index is 12.4. The zero-order valence-electron chi connectivity index (χ0n) is 24.1. The number of aliphatic imine (C=N–C) groups is 1. The number of aromatic nitrogens is 1. The molecule has 41 heavy (non-hydrogen) atoms. The number of rotatable bonds is 7. The van der Waals surface area contributed by atoms with Crippen molar-refractivity contribution >= 4 is 16.9 Å². The van der Waals surface area contributed by atoms with Crippen LogP contribution in [0.1, 0.15) is 57.1 Å². The van der Waals surface area contributed by atoms with E-state index in [0.29, 0.717) is 57.5 Å². The van der Waals surface area contributed by atoms with Crippen molar-refractivity contribution in [2.45, 2.75) is 75.0 Å². The van der Waals surface area contributed by atoms with Crippen molar-refractivity contribution in [1.29, 1.82) is 0 Å². The lowest BCUT2D eigenvalue weighted by Gasteiger charge is -2.44. The molecule has 4 aliphatic carbocycles. The fourth-order valence-electron chi connectivity index (χ4n) is 8.43. The summed E-state index contributed by atoms with van der Waals surface area (Å²) in [5.74, 6) is 7.73. The largest absolute Gasteiger partial charge is 0.396 e. The van der Waals surface area contributed by atoms with E-state index in [9.17, 15) is 15.3 Å². The zero-order chi connectivity index (χ0) is 28.7. The molecule has 7 nitrogen and oxygen atoms in total. The van der Waals surface area contributed by atoms with Gasteiger partial charge in [0.05, 0.1) is 17.2 Å². The van der Waals surface area contributed by atoms with Gasteiger partial charge in [-0.2, -0.15) is 0 Å². The van der Waals surface area contributed by atoms with Gasteiger partial charge >= 0.3 is 0 Å². The Kier molecular flexibility index (Phi) is 7.52. The first-order chi connectivity index (χ1) is 19.8. The summed E-state index contributed by atoms with van der Waals surface area (Å²) in [5, 5.41) is 41.6. The molecule has 7 heteroatoms. The highest BCUT2D eigenvalue weighted by atomic mass is 16.3. The van der Waals surface area contributed by atoms with Gasteiger partial charge in [0.1, 0.15) is 0 Å². The van der Waals surface area contributed by atoms with Crippen LogP contribution in [0.3, 0.4) is 0 Å². The second-order valence-electron chi connectivity index (χ2n) is 12.9. The molecule has 6 N–H and O–H groups in total. The second kappa shape index (κ2) is 11.0. The highest BCUT2D eigenvalue weighted by molar-refractivity contribution is 5.81.